The van der Waals surface area contributed by atoms with Gasteiger partial charge < -0.3 is 10.4 Å². The topological polar surface area (TPSA) is 62.2 Å². The fourth-order valence-corrected chi connectivity index (χ4v) is 1.05. The number of nitrogens with one attached hydrogen (secondary N) is 1. The Labute approximate surface area is 88.3 Å². The van der Waals surface area contributed by atoms with Gasteiger partial charge in [-0.1, -0.05) is 0 Å². The van der Waals surface area contributed by atoms with Crippen molar-refractivity contribution in [2.24, 2.45) is 0 Å². The van der Waals surface area contributed by atoms with E-state index in [9.17, 15) is 4.79 Å². The molecular weight excluding hydrogens is 192 g/mol. The summed E-state index contributed by atoms with van der Waals surface area (Å²) < 4.78 is 0. The van der Waals surface area contributed by atoms with E-state index in [0.717, 1.165) is 6.42 Å². The molecule has 0 saturated heterocycles. The maximum Gasteiger partial charge on any atom is 0.252 e. The number of carbonyl (C=O) groups excluding carboxylic acids is 1. The molecule has 1 heterocycles. The number of amides is 1. The van der Waals surface area contributed by atoms with Crippen LogP contribution < -0.4 is 5.32 Å². The first-order chi connectivity index (χ1) is 7.24. The van der Waals surface area contributed by atoms with Crippen molar-refractivity contribution in [3.8, 4) is 18.1 Å². The molecule has 0 atom stereocenters. The lowest BCUT2D eigenvalue weighted by Gasteiger charge is -2.03. The molecule has 2 N–H and O–H groups in total. The summed E-state index contributed by atoms with van der Waals surface area (Å²) in [6, 6.07) is 1.36. The maximum atomic E-state index is 11.4. The van der Waals surface area contributed by atoms with Crippen LogP contribution in [0.4, 0.5) is 0 Å². The molecule has 0 aromatic carbocycles. The molecule has 4 heteroatoms. The molecular formula is C11H12N2O2. The largest absolute Gasteiger partial charge is 0.506 e. The summed E-state index contributed by atoms with van der Waals surface area (Å²) in [6.45, 7) is 0.526. The van der Waals surface area contributed by atoms with Gasteiger partial charge in [0.15, 0.2) is 0 Å². The van der Waals surface area contributed by atoms with Gasteiger partial charge in [-0.15, -0.1) is 12.3 Å². The highest BCUT2D eigenvalue weighted by Gasteiger charge is 2.05. The second-order valence-electron chi connectivity index (χ2n) is 3.00. The molecule has 78 valence electrons. The molecule has 1 aromatic rings. The van der Waals surface area contributed by atoms with E-state index in [4.69, 9.17) is 11.5 Å². The third-order valence-electron chi connectivity index (χ3n) is 1.77. The molecule has 0 aliphatic carbocycles. The van der Waals surface area contributed by atoms with Crippen LogP contribution in [0.3, 0.4) is 0 Å². The Morgan fingerprint density at radius 3 is 3.07 bits per heavy atom. The van der Waals surface area contributed by atoms with Crippen LogP contribution in [0.1, 0.15) is 23.2 Å². The van der Waals surface area contributed by atoms with Gasteiger partial charge >= 0.3 is 0 Å². The minimum atomic E-state index is -0.254. The Kier molecular flexibility index (Phi) is 4.17. The molecule has 1 rings (SSSR count). The summed E-state index contributed by atoms with van der Waals surface area (Å²) in [7, 11) is 0. The molecule has 0 unspecified atom stereocenters. The molecule has 15 heavy (non-hydrogen) atoms. The van der Waals surface area contributed by atoms with E-state index in [0.29, 0.717) is 18.5 Å². The number of carbonyl (C=O) groups is 1. The smallest absolute Gasteiger partial charge is 0.252 e. The van der Waals surface area contributed by atoms with E-state index in [2.05, 4.69) is 16.2 Å². The van der Waals surface area contributed by atoms with Gasteiger partial charge in [0.1, 0.15) is 5.75 Å². The number of pyridine rings is 1. The highest BCUT2D eigenvalue weighted by atomic mass is 16.3. The zero-order valence-electron chi connectivity index (χ0n) is 8.23. The van der Waals surface area contributed by atoms with Gasteiger partial charge in [0.2, 0.25) is 0 Å². The Morgan fingerprint density at radius 1 is 1.60 bits per heavy atom. The van der Waals surface area contributed by atoms with Crippen LogP contribution in [-0.4, -0.2) is 22.5 Å². The van der Waals surface area contributed by atoms with Crippen molar-refractivity contribution < 1.29 is 9.90 Å². The zero-order chi connectivity index (χ0) is 11.1. The monoisotopic (exact) mass is 204 g/mol. The lowest BCUT2D eigenvalue weighted by molar-refractivity contribution is 0.0952. The number of hydrogen-bond acceptors (Lipinski definition) is 3. The number of nitrogens with zero attached hydrogens (tertiary/aromatic N) is 1. The van der Waals surface area contributed by atoms with E-state index in [1.54, 1.807) is 0 Å². The van der Waals surface area contributed by atoms with Gasteiger partial charge in [0, 0.05) is 19.2 Å². The normalized spacial score (nSPS) is 9.27. The molecule has 1 amide bonds. The Hall–Kier alpha value is -2.02. The number of aromatic nitrogens is 1. The van der Waals surface area contributed by atoms with Crippen LogP contribution in [0.25, 0.3) is 0 Å². The van der Waals surface area contributed by atoms with Gasteiger partial charge in [-0.3, -0.25) is 9.78 Å². The molecule has 1 aromatic heterocycles. The summed E-state index contributed by atoms with van der Waals surface area (Å²) >= 11 is 0. The molecule has 0 bridgehead atoms. The zero-order valence-corrected chi connectivity index (χ0v) is 8.23. The second-order valence-corrected chi connectivity index (χ2v) is 3.00. The molecule has 0 aliphatic rings. The second kappa shape index (κ2) is 5.66. The van der Waals surface area contributed by atoms with E-state index in [1.165, 1.54) is 18.5 Å². The van der Waals surface area contributed by atoms with Crippen molar-refractivity contribution in [2.45, 2.75) is 12.8 Å². The van der Waals surface area contributed by atoms with Crippen LogP contribution >= 0.6 is 0 Å². The van der Waals surface area contributed by atoms with Crippen molar-refractivity contribution in [3.63, 3.8) is 0 Å². The van der Waals surface area contributed by atoms with Crippen LogP contribution in [0.2, 0.25) is 0 Å². The Morgan fingerprint density at radius 2 is 2.40 bits per heavy atom. The minimum Gasteiger partial charge on any atom is -0.506 e. The first-order valence-electron chi connectivity index (χ1n) is 4.59. The third-order valence-corrected chi connectivity index (χ3v) is 1.77. The van der Waals surface area contributed by atoms with Crippen molar-refractivity contribution in [1.29, 1.82) is 0 Å². The van der Waals surface area contributed by atoms with Crippen molar-refractivity contribution in [1.82, 2.24) is 10.3 Å². The summed E-state index contributed by atoms with van der Waals surface area (Å²) in [4.78, 5) is 15.2. The lowest BCUT2D eigenvalue weighted by Crippen LogP contribution is -2.24. The first-order valence-corrected chi connectivity index (χ1v) is 4.59. The molecule has 0 saturated carbocycles. The third kappa shape index (κ3) is 3.69. The number of aromatic hydroxyl groups is 1. The summed E-state index contributed by atoms with van der Waals surface area (Å²) in [6.07, 6.45) is 9.12. The van der Waals surface area contributed by atoms with E-state index >= 15 is 0 Å². The lowest BCUT2D eigenvalue weighted by atomic mass is 10.2. The number of unbranched alkanes of at least 4 members (excludes halogenated alkanes) is 1. The quantitative estimate of drug-likeness (QED) is 0.566. The Balaban J connectivity index is 2.44. The van der Waals surface area contributed by atoms with Crippen LogP contribution in [-0.2, 0) is 0 Å². The van der Waals surface area contributed by atoms with Gasteiger partial charge in [0.25, 0.3) is 5.91 Å². The summed E-state index contributed by atoms with van der Waals surface area (Å²) in [5, 5.41) is 11.8. The van der Waals surface area contributed by atoms with E-state index < -0.39 is 0 Å². The van der Waals surface area contributed by atoms with Crippen LogP contribution in [0.15, 0.2) is 18.5 Å². The number of hydrogen-bond donors (Lipinski definition) is 2. The number of terminal acetylenes is 1. The van der Waals surface area contributed by atoms with Gasteiger partial charge in [-0.2, -0.15) is 0 Å². The van der Waals surface area contributed by atoms with Crippen molar-refractivity contribution in [3.05, 3.63) is 24.0 Å². The highest BCUT2D eigenvalue weighted by molar-refractivity contribution is 5.94. The average molecular weight is 204 g/mol. The van der Waals surface area contributed by atoms with Gasteiger partial charge in [0.05, 0.1) is 11.8 Å². The predicted molar refractivity (Wildman–Crippen MR) is 56.3 cm³/mol. The van der Waals surface area contributed by atoms with Crippen molar-refractivity contribution in [2.75, 3.05) is 6.54 Å². The summed E-state index contributed by atoms with van der Waals surface area (Å²) in [5.74, 6) is 2.21. The fraction of sp³-hybridized carbons (Fsp3) is 0.273. The van der Waals surface area contributed by atoms with Crippen LogP contribution in [0, 0.1) is 12.3 Å². The average Bonchev–Trinajstić information content (AvgIpc) is 2.24. The molecule has 0 spiro atoms. The molecule has 0 radical (unpaired) electrons. The van der Waals surface area contributed by atoms with E-state index in [-0.39, 0.29) is 11.7 Å². The standard InChI is InChI=1S/C11H12N2O2/c1-2-3-4-5-13-11(15)9-6-10(14)8-12-7-9/h1,6-8,14H,3-5H2,(H,13,15). The van der Waals surface area contributed by atoms with Gasteiger partial charge in [-0.05, 0) is 12.5 Å². The van der Waals surface area contributed by atoms with Crippen molar-refractivity contribution >= 4 is 5.91 Å². The number of rotatable bonds is 4. The predicted octanol–water partition coefficient (Wildman–Crippen LogP) is 0.930. The molecule has 0 fully saturated rings. The SMILES string of the molecule is C#CCCCNC(=O)c1cncc(O)c1. The fourth-order valence-electron chi connectivity index (χ4n) is 1.05. The van der Waals surface area contributed by atoms with Gasteiger partial charge in [-0.25, -0.2) is 0 Å². The van der Waals surface area contributed by atoms with Crippen LogP contribution in [0.5, 0.6) is 5.75 Å². The first kappa shape index (κ1) is 11.1. The highest BCUT2D eigenvalue weighted by Crippen LogP contribution is 2.07. The Bertz CT molecular complexity index is 382. The molecule has 4 nitrogen and oxygen atoms in total. The maximum absolute atomic E-state index is 11.4. The summed E-state index contributed by atoms with van der Waals surface area (Å²) in [5.41, 5.74) is 0.343. The van der Waals surface area contributed by atoms with E-state index in [1.807, 2.05) is 0 Å². The molecule has 0 aliphatic heterocycles. The minimum absolute atomic E-state index is 0.0220.